The topological polar surface area (TPSA) is 570 Å². The molecule has 4 N–H and O–H groups in total. The normalized spacial score (nSPS) is 12.7. The predicted octanol–water partition coefficient (Wildman–Crippen LogP) is 8.93. The molecule has 49 heteroatoms. The molecule has 41 nitrogen and oxygen atoms in total. The number of rotatable bonds is 73. The third-order valence-corrected chi connectivity index (χ3v) is 29.7. The van der Waals surface area contributed by atoms with Gasteiger partial charge in [-0.3, -0.25) is 0 Å². The molecule has 1 heterocycles. The number of nitrogens with one attached hydrogen (secondary N) is 3. The van der Waals surface area contributed by atoms with Crippen LogP contribution >= 0.6 is 0 Å². The van der Waals surface area contributed by atoms with E-state index in [0.29, 0.717) is 120 Å². The van der Waals surface area contributed by atoms with Crippen LogP contribution in [0.5, 0.6) is 0 Å². The molecule has 0 saturated carbocycles. The van der Waals surface area contributed by atoms with E-state index in [4.69, 9.17) is 9.47 Å². The summed E-state index contributed by atoms with van der Waals surface area (Å²) in [7, 11) is -3.88. The van der Waals surface area contributed by atoms with Crippen molar-refractivity contribution in [3.05, 3.63) is 30.1 Å². The number of nitrogens with zero attached hydrogens (tertiary/aromatic N) is 9. The number of ether oxygens (including phenoxy) is 2. The highest BCUT2D eigenvalue weighted by atomic mass is 32.2. The second-order valence-corrected chi connectivity index (χ2v) is 53.9. The Kier molecular flexibility index (Phi) is 95.3. The molecule has 145 heavy (non-hydrogen) atoms. The van der Waals surface area contributed by atoms with Crippen LogP contribution in [0.25, 0.3) is 0 Å². The van der Waals surface area contributed by atoms with Crippen molar-refractivity contribution in [2.75, 3.05) is 302 Å². The first-order valence-electron chi connectivity index (χ1n) is 52.0. The largest absolute Gasteiger partial charge is 0.748 e. The molecule has 3 amide bonds. The summed E-state index contributed by atoms with van der Waals surface area (Å²) in [6.07, 6.45) is 28.5. The molecule has 0 aliphatic rings. The van der Waals surface area contributed by atoms with Crippen LogP contribution in [0.3, 0.4) is 0 Å². The molecule has 0 fully saturated rings. The van der Waals surface area contributed by atoms with E-state index in [1.165, 1.54) is 37.8 Å². The fourth-order valence-corrected chi connectivity index (χ4v) is 18.2. The summed E-state index contributed by atoms with van der Waals surface area (Å²) < 4.78 is 269. The van der Waals surface area contributed by atoms with E-state index < -0.39 is 92.8 Å². The molecule has 0 aliphatic carbocycles. The maximum absolute atomic E-state index is 11.4. The van der Waals surface area contributed by atoms with Crippen molar-refractivity contribution in [2.45, 2.75) is 283 Å². The molecule has 0 aliphatic heterocycles. The molecule has 1 aromatic rings. The van der Waals surface area contributed by atoms with E-state index in [-0.39, 0.29) is 59.8 Å². The van der Waals surface area contributed by atoms with Crippen molar-refractivity contribution in [1.82, 2.24) is 16.0 Å². The minimum absolute atomic E-state index is 0. The van der Waals surface area contributed by atoms with Gasteiger partial charge in [-0.05, 0) is 96.5 Å². The standard InChI is InChI=1S/C15H32N2O3.C12H27N3O4S.C11H17NO3S.C11H25NO3S.C10H23NO3S.C9H21NO4S.3C9H21NO3S.CH4/c1-5-7-9-16-15(18)20-14-13-19-12-11-17(3,4)10-8-6-2;1-4-5-7-13-12(16)14-8-10-15(2,3)9-6-11-20(17,18)19;1-2-4-11-5-8-12(9-6-11)7-3-10-16(13,14)15;1-4-7-9-12(5-2,6-3)10-8-11-16(13,14)15;1-4-5-8-11(2,3)9-6-7-10-15(12,13)14;1-4-5-6-10(2,3)7-9(11)8-15(12,13)14;3*1-4-5-7-10(2,3)8-6-9-14(11,12)13;/h5-14H2,1-4H3;4-11H2,1-3H3,(H2-,13,14,16,17,18,19);5-6,8-9H,2-4,7,10H2,1H3;4-11H2,1-3H3;4-10H2,1-3H3;9,11H,4-8H2,1-3H3;3*4-9H2,1-3H3;1H4/p+1. The zero-order valence-corrected chi connectivity index (χ0v) is 101. The predicted molar refractivity (Wildman–Crippen MR) is 577 cm³/mol. The number of unbranched alkanes of at least 4 members (excludes halogenated alkanes) is 10. The molecule has 0 saturated heterocycles. The minimum Gasteiger partial charge on any atom is -0.748 e. The molecule has 1 atom stereocenters. The Morgan fingerprint density at radius 2 is 0.579 bits per heavy atom. The van der Waals surface area contributed by atoms with Gasteiger partial charge in [0.15, 0.2) is 12.4 Å². The van der Waals surface area contributed by atoms with Crippen molar-refractivity contribution in [1.29, 1.82) is 0 Å². The van der Waals surface area contributed by atoms with Gasteiger partial charge in [-0.15, -0.1) is 0 Å². The number of urea groups is 1. The molecule has 1 unspecified atom stereocenters. The fourth-order valence-electron chi connectivity index (χ4n) is 14.1. The Labute approximate surface area is 886 Å². The highest BCUT2D eigenvalue weighted by molar-refractivity contribution is 7.87. The Morgan fingerprint density at radius 3 is 0.897 bits per heavy atom. The smallest absolute Gasteiger partial charge is 0.407 e. The molecule has 0 radical (unpaired) electrons. The van der Waals surface area contributed by atoms with Gasteiger partial charge in [-0.1, -0.05) is 141 Å². The van der Waals surface area contributed by atoms with Crippen LogP contribution in [0.2, 0.25) is 0 Å². The van der Waals surface area contributed by atoms with Crippen molar-refractivity contribution in [2.24, 2.45) is 0 Å². The molecular weight excluding hydrogens is 2040 g/mol. The maximum Gasteiger partial charge on any atom is 0.407 e. The number of aliphatic hydroxyl groups is 1. The van der Waals surface area contributed by atoms with Crippen LogP contribution in [-0.2, 0) is 103 Å². The molecule has 0 aromatic carbocycles. The number of aryl methyl sites for hydroxylation is 2. The van der Waals surface area contributed by atoms with Gasteiger partial charge in [0.1, 0.15) is 32.3 Å². The third kappa shape index (κ3) is 131. The number of alkyl carbamates (subject to hydrolysis) is 1. The van der Waals surface area contributed by atoms with Crippen molar-refractivity contribution in [3.8, 4) is 0 Å². The quantitative estimate of drug-likeness (QED) is 0.0204. The Morgan fingerprint density at radius 1 is 0.310 bits per heavy atom. The van der Waals surface area contributed by atoms with E-state index >= 15 is 0 Å². The number of carbonyl (C=O) groups is 2. The van der Waals surface area contributed by atoms with Gasteiger partial charge >= 0.3 is 12.1 Å². The van der Waals surface area contributed by atoms with E-state index in [9.17, 15) is 118 Å². The number of hydrogen-bond donors (Lipinski definition) is 4. The van der Waals surface area contributed by atoms with E-state index in [1.54, 1.807) is 0 Å². The van der Waals surface area contributed by atoms with Crippen molar-refractivity contribution in [3.63, 3.8) is 0 Å². The van der Waals surface area contributed by atoms with Crippen LogP contribution < -0.4 is 20.5 Å². The highest BCUT2D eigenvalue weighted by Gasteiger charge is 2.26. The lowest BCUT2D eigenvalue weighted by Crippen LogP contribution is -2.49. The number of carbonyl (C=O) groups excluding carboxylic acids is 2. The molecular formula is C96H213N12O29S8+. The number of pyridine rings is 1. The highest BCUT2D eigenvalue weighted by Crippen LogP contribution is 2.14. The average Bonchev–Trinajstić information content (AvgIpc) is 0.873. The van der Waals surface area contributed by atoms with Crippen LogP contribution in [0.4, 0.5) is 9.59 Å². The molecule has 878 valence electrons. The summed E-state index contributed by atoms with van der Waals surface area (Å²) in [5.41, 5.74) is 1.27. The number of aromatic nitrogens is 1. The average molecular weight is 2260 g/mol. The van der Waals surface area contributed by atoms with Crippen molar-refractivity contribution >= 4 is 93.1 Å². The molecule has 0 bridgehead atoms. The lowest BCUT2D eigenvalue weighted by Gasteiger charge is -2.37. The van der Waals surface area contributed by atoms with Crippen LogP contribution in [0.1, 0.15) is 269 Å². The molecule has 0 spiro atoms. The summed E-state index contributed by atoms with van der Waals surface area (Å²) in [6.45, 7) is 45.3. The second-order valence-electron chi connectivity index (χ2n) is 41.8. The van der Waals surface area contributed by atoms with E-state index in [2.05, 4.69) is 170 Å². The maximum atomic E-state index is 11.4. The summed E-state index contributed by atoms with van der Waals surface area (Å²) >= 11 is 0. The monoisotopic (exact) mass is 2250 g/mol. The first-order chi connectivity index (χ1) is 65.8. The fraction of sp³-hybridized carbons (Fsp3) is 0.927. The van der Waals surface area contributed by atoms with Crippen molar-refractivity contribution < 1.29 is 168 Å². The minimum atomic E-state index is -4.33. The lowest BCUT2D eigenvalue weighted by atomic mass is 10.1. The van der Waals surface area contributed by atoms with Crippen LogP contribution in [-0.4, -0.2) is 465 Å². The van der Waals surface area contributed by atoms with Crippen LogP contribution in [0, 0.1) is 0 Å². The Balaban J connectivity index is -0.000000205. The summed E-state index contributed by atoms with van der Waals surface area (Å²) in [5, 5.41) is 17.6. The van der Waals surface area contributed by atoms with E-state index in [0.717, 1.165) is 228 Å². The number of aliphatic hydroxyl groups excluding tert-OH is 1. The zero-order chi connectivity index (χ0) is 113. The Bertz CT molecular complexity index is 4170. The first kappa shape index (κ1) is 159. The van der Waals surface area contributed by atoms with Crippen LogP contribution in [0.15, 0.2) is 24.5 Å². The lowest BCUT2D eigenvalue weighted by molar-refractivity contribution is -0.925. The zero-order valence-electron chi connectivity index (χ0n) is 94.2. The molecule has 1 rings (SSSR count). The van der Waals surface area contributed by atoms with Gasteiger partial charge < -0.3 is 103 Å². The second kappa shape index (κ2) is 86.8. The summed E-state index contributed by atoms with van der Waals surface area (Å²) in [5.74, 6) is -2.47. The summed E-state index contributed by atoms with van der Waals surface area (Å²) in [4.78, 5) is 22.6. The summed E-state index contributed by atoms with van der Waals surface area (Å²) in [6, 6.07) is 3.87. The van der Waals surface area contributed by atoms with Gasteiger partial charge in [0.05, 0.1) is 310 Å². The van der Waals surface area contributed by atoms with E-state index in [1.807, 2.05) is 57.3 Å². The SMILES string of the molecule is C.CCCCNC(=O)NCC[N+](C)(C)CCCS(=O)(=O)[O-].CCCCNC(=O)OCCOCC[N+](C)(C)CCCC.CCCC[N+](C)(C)CC(O)CS(=O)(=O)[O-].CCCC[N+](C)(C)CCCCS(=O)(=O)[O-].CCCC[N+](C)(C)CCCS(=O)(=O)[O-].CCCC[N+](C)(C)CCCS(=O)(=O)[O-].CCCC[N+](C)(C)CCCS(=O)(=O)[O-].CCCC[N+](CC)(CC)CCCS(=O)(=O)[O-].CCCc1cc[n+](CCCS(=O)(=O)[O-])cc1. The number of quaternary nitrogens is 8. The third-order valence-electron chi connectivity index (χ3n) is 23.4. The number of likely N-dealkylation sites (N-methyl/N-ethyl adjacent to an activating group) is 3. The number of amides is 3. The number of hydrogen-bond acceptors (Lipinski definition) is 29. The molecule has 1 aromatic heterocycles. The Hall–Kier alpha value is -3.43. The van der Waals surface area contributed by atoms with Gasteiger partial charge in [-0.25, -0.2) is 81.5 Å². The first-order valence-corrected chi connectivity index (χ1v) is 64.7. The van der Waals surface area contributed by atoms with Gasteiger partial charge in [0.2, 0.25) is 0 Å². The van der Waals surface area contributed by atoms with Gasteiger partial charge in [0, 0.05) is 104 Å². The van der Waals surface area contributed by atoms with Gasteiger partial charge in [-0.2, -0.15) is 0 Å². The van der Waals surface area contributed by atoms with Gasteiger partial charge in [0.25, 0.3) is 0 Å².